The lowest BCUT2D eigenvalue weighted by Gasteiger charge is -2.08. The van der Waals surface area contributed by atoms with Crippen LogP contribution in [0.4, 0.5) is 5.69 Å². The Morgan fingerprint density at radius 1 is 1.20 bits per heavy atom. The summed E-state index contributed by atoms with van der Waals surface area (Å²) in [4.78, 5) is 26.7. The van der Waals surface area contributed by atoms with Gasteiger partial charge in [0.15, 0.2) is 0 Å². The molecule has 0 aliphatic rings. The van der Waals surface area contributed by atoms with E-state index in [2.05, 4.69) is 17.2 Å². The monoisotopic (exact) mass is 270 g/mol. The van der Waals surface area contributed by atoms with Crippen LogP contribution in [0, 0.1) is 13.8 Å². The standard InChI is InChI=1S/C16H18N2O2/c1-4-12-5-7-13(8-6-12)18-16(20)14-10(2)9-11(3)17-15(14)19/h5-9H,4H2,1-3H3,(H,17,19)(H,18,20). The molecule has 0 spiro atoms. The number of H-pyrrole nitrogens is 1. The second-order valence-corrected chi connectivity index (χ2v) is 4.84. The van der Waals surface area contributed by atoms with Crippen molar-refractivity contribution < 1.29 is 4.79 Å². The fraction of sp³-hybridized carbons (Fsp3) is 0.250. The lowest BCUT2D eigenvalue weighted by Crippen LogP contribution is -2.25. The van der Waals surface area contributed by atoms with Gasteiger partial charge < -0.3 is 10.3 Å². The number of aromatic nitrogens is 1. The number of amides is 1. The second-order valence-electron chi connectivity index (χ2n) is 4.84. The normalized spacial score (nSPS) is 10.3. The van der Waals surface area contributed by atoms with Gasteiger partial charge in [0.2, 0.25) is 0 Å². The SMILES string of the molecule is CCc1ccc(NC(=O)c2c(C)cc(C)[nH]c2=O)cc1. The Bertz CT molecular complexity index is 685. The van der Waals surface area contributed by atoms with Crippen molar-refractivity contribution in [2.75, 3.05) is 5.32 Å². The molecular weight excluding hydrogens is 252 g/mol. The second kappa shape index (κ2) is 5.74. The summed E-state index contributed by atoms with van der Waals surface area (Å²) in [5.74, 6) is -0.381. The van der Waals surface area contributed by atoms with E-state index >= 15 is 0 Å². The minimum Gasteiger partial charge on any atom is -0.326 e. The number of benzene rings is 1. The number of hydrogen-bond acceptors (Lipinski definition) is 2. The van der Waals surface area contributed by atoms with Crippen molar-refractivity contribution in [2.45, 2.75) is 27.2 Å². The van der Waals surface area contributed by atoms with Gasteiger partial charge in [-0.2, -0.15) is 0 Å². The fourth-order valence-electron chi connectivity index (χ4n) is 2.15. The number of pyridine rings is 1. The highest BCUT2D eigenvalue weighted by Crippen LogP contribution is 2.12. The van der Waals surface area contributed by atoms with Crippen molar-refractivity contribution >= 4 is 11.6 Å². The highest BCUT2D eigenvalue weighted by atomic mass is 16.2. The summed E-state index contributed by atoms with van der Waals surface area (Å²) < 4.78 is 0. The highest BCUT2D eigenvalue weighted by molar-refractivity contribution is 6.05. The predicted molar refractivity (Wildman–Crippen MR) is 80.3 cm³/mol. The zero-order valence-corrected chi connectivity index (χ0v) is 11.9. The number of aryl methyl sites for hydroxylation is 3. The maximum Gasteiger partial charge on any atom is 0.261 e. The molecule has 0 atom stereocenters. The van der Waals surface area contributed by atoms with E-state index in [1.54, 1.807) is 19.9 Å². The Balaban J connectivity index is 2.26. The molecule has 0 bridgehead atoms. The molecule has 1 amide bonds. The summed E-state index contributed by atoms with van der Waals surface area (Å²) >= 11 is 0. The van der Waals surface area contributed by atoms with E-state index in [4.69, 9.17) is 0 Å². The van der Waals surface area contributed by atoms with Crippen LogP contribution in [0.3, 0.4) is 0 Å². The van der Waals surface area contributed by atoms with E-state index in [9.17, 15) is 9.59 Å². The van der Waals surface area contributed by atoms with E-state index in [1.165, 1.54) is 5.56 Å². The molecule has 1 heterocycles. The number of aromatic amines is 1. The Morgan fingerprint density at radius 2 is 1.85 bits per heavy atom. The molecule has 2 rings (SSSR count). The molecule has 4 heteroatoms. The molecule has 20 heavy (non-hydrogen) atoms. The van der Waals surface area contributed by atoms with Crippen LogP contribution in [0.2, 0.25) is 0 Å². The Kier molecular flexibility index (Phi) is 4.03. The molecule has 1 aromatic heterocycles. The van der Waals surface area contributed by atoms with Crippen molar-refractivity contribution in [1.29, 1.82) is 0 Å². The molecule has 0 radical (unpaired) electrons. The average Bonchev–Trinajstić information content (AvgIpc) is 2.38. The van der Waals surface area contributed by atoms with Crippen LogP contribution in [0.1, 0.15) is 34.1 Å². The number of anilines is 1. The largest absolute Gasteiger partial charge is 0.326 e. The number of rotatable bonds is 3. The number of nitrogens with one attached hydrogen (secondary N) is 2. The summed E-state index contributed by atoms with van der Waals surface area (Å²) in [5, 5.41) is 2.75. The van der Waals surface area contributed by atoms with E-state index in [-0.39, 0.29) is 17.0 Å². The lowest BCUT2D eigenvalue weighted by atomic mass is 10.1. The van der Waals surface area contributed by atoms with Crippen LogP contribution in [-0.2, 0) is 6.42 Å². The van der Waals surface area contributed by atoms with E-state index in [1.807, 2.05) is 24.3 Å². The molecule has 4 nitrogen and oxygen atoms in total. The zero-order valence-electron chi connectivity index (χ0n) is 11.9. The third-order valence-electron chi connectivity index (χ3n) is 3.21. The first-order chi connectivity index (χ1) is 9.51. The highest BCUT2D eigenvalue weighted by Gasteiger charge is 2.14. The molecule has 0 aliphatic heterocycles. The van der Waals surface area contributed by atoms with Crippen molar-refractivity contribution in [3.8, 4) is 0 Å². The molecule has 1 aromatic carbocycles. The molecule has 0 aliphatic carbocycles. The van der Waals surface area contributed by atoms with Crippen molar-refractivity contribution in [3.63, 3.8) is 0 Å². The topological polar surface area (TPSA) is 62.0 Å². The van der Waals surface area contributed by atoms with Crippen LogP contribution >= 0.6 is 0 Å². The molecule has 0 fully saturated rings. The molecule has 2 aromatic rings. The predicted octanol–water partition coefficient (Wildman–Crippen LogP) is 2.81. The van der Waals surface area contributed by atoms with Gasteiger partial charge in [-0.3, -0.25) is 9.59 Å². The summed E-state index contributed by atoms with van der Waals surface area (Å²) in [7, 11) is 0. The molecule has 0 saturated heterocycles. The first-order valence-electron chi connectivity index (χ1n) is 6.62. The first kappa shape index (κ1) is 14.1. The lowest BCUT2D eigenvalue weighted by molar-refractivity contribution is 0.102. The molecule has 2 N–H and O–H groups in total. The Morgan fingerprint density at radius 3 is 2.40 bits per heavy atom. The third kappa shape index (κ3) is 2.96. The molecule has 0 saturated carbocycles. The van der Waals surface area contributed by atoms with Crippen molar-refractivity contribution in [3.05, 3.63) is 63.1 Å². The quantitative estimate of drug-likeness (QED) is 0.900. The summed E-state index contributed by atoms with van der Waals surface area (Å²) in [6.45, 7) is 5.62. The van der Waals surface area contributed by atoms with Gasteiger partial charge in [-0.05, 0) is 49.6 Å². The van der Waals surface area contributed by atoms with E-state index in [0.29, 0.717) is 11.3 Å². The average molecular weight is 270 g/mol. The van der Waals surface area contributed by atoms with Gasteiger partial charge in [0.25, 0.3) is 11.5 Å². The van der Waals surface area contributed by atoms with Gasteiger partial charge >= 0.3 is 0 Å². The fourth-order valence-corrected chi connectivity index (χ4v) is 2.15. The van der Waals surface area contributed by atoms with Crippen LogP contribution in [0.15, 0.2) is 35.1 Å². The van der Waals surface area contributed by atoms with Crippen LogP contribution in [0.5, 0.6) is 0 Å². The summed E-state index contributed by atoms with van der Waals surface area (Å²) in [6.07, 6.45) is 0.949. The Hall–Kier alpha value is -2.36. The molecule has 0 unspecified atom stereocenters. The minimum atomic E-state index is -0.381. The third-order valence-corrected chi connectivity index (χ3v) is 3.21. The summed E-state index contributed by atoms with van der Waals surface area (Å²) in [6, 6.07) is 9.39. The maximum atomic E-state index is 12.2. The maximum absolute atomic E-state index is 12.2. The molecular formula is C16H18N2O2. The minimum absolute atomic E-state index is 0.162. The summed E-state index contributed by atoms with van der Waals surface area (Å²) in [5.41, 5.74) is 3.12. The van der Waals surface area contributed by atoms with Gasteiger partial charge in [0, 0.05) is 11.4 Å². The van der Waals surface area contributed by atoms with Crippen LogP contribution in [0.25, 0.3) is 0 Å². The zero-order chi connectivity index (χ0) is 14.7. The number of hydrogen-bond donors (Lipinski definition) is 2. The van der Waals surface area contributed by atoms with Crippen molar-refractivity contribution in [2.24, 2.45) is 0 Å². The van der Waals surface area contributed by atoms with E-state index < -0.39 is 0 Å². The first-order valence-corrected chi connectivity index (χ1v) is 6.62. The van der Waals surface area contributed by atoms with E-state index in [0.717, 1.165) is 12.1 Å². The van der Waals surface area contributed by atoms with Gasteiger partial charge in [-0.15, -0.1) is 0 Å². The number of carbonyl (C=O) groups is 1. The Labute approximate surface area is 117 Å². The van der Waals surface area contributed by atoms with Crippen LogP contribution in [-0.4, -0.2) is 10.9 Å². The van der Waals surface area contributed by atoms with Crippen LogP contribution < -0.4 is 10.9 Å². The van der Waals surface area contributed by atoms with Gasteiger partial charge in [0.05, 0.1) is 0 Å². The molecule has 104 valence electrons. The van der Waals surface area contributed by atoms with Gasteiger partial charge in [0.1, 0.15) is 5.56 Å². The van der Waals surface area contributed by atoms with Gasteiger partial charge in [-0.25, -0.2) is 0 Å². The van der Waals surface area contributed by atoms with Crippen molar-refractivity contribution in [1.82, 2.24) is 4.98 Å². The smallest absolute Gasteiger partial charge is 0.261 e. The number of carbonyl (C=O) groups excluding carboxylic acids is 1. The van der Waals surface area contributed by atoms with Gasteiger partial charge in [-0.1, -0.05) is 19.1 Å².